The van der Waals surface area contributed by atoms with Gasteiger partial charge in [-0.1, -0.05) is 24.3 Å². The minimum absolute atomic E-state index is 0.0236. The van der Waals surface area contributed by atoms with Gasteiger partial charge >= 0.3 is 0 Å². The molecule has 9 nitrogen and oxygen atoms in total. The Labute approximate surface area is 217 Å². The molecule has 1 amide bonds. The van der Waals surface area contributed by atoms with Gasteiger partial charge in [0.25, 0.3) is 15.9 Å². The number of carbonyl (C=O) groups excluding carboxylic acids is 1. The Morgan fingerprint density at radius 1 is 0.973 bits per heavy atom. The van der Waals surface area contributed by atoms with E-state index in [1.165, 1.54) is 12.1 Å². The van der Waals surface area contributed by atoms with Crippen molar-refractivity contribution in [2.24, 2.45) is 0 Å². The molecule has 3 heterocycles. The first-order valence-corrected chi connectivity index (χ1v) is 13.9. The van der Waals surface area contributed by atoms with E-state index in [0.717, 1.165) is 42.6 Å². The molecule has 5 rings (SSSR count). The molecule has 0 radical (unpaired) electrons. The molecule has 2 aliphatic rings. The van der Waals surface area contributed by atoms with Crippen LogP contribution in [0.25, 0.3) is 11.3 Å². The van der Waals surface area contributed by atoms with Gasteiger partial charge in [-0.05, 0) is 76.2 Å². The van der Waals surface area contributed by atoms with Gasteiger partial charge in [-0.15, -0.1) is 0 Å². The van der Waals surface area contributed by atoms with Crippen LogP contribution in [0.5, 0.6) is 5.88 Å². The van der Waals surface area contributed by atoms with Crippen molar-refractivity contribution < 1.29 is 17.9 Å². The van der Waals surface area contributed by atoms with Gasteiger partial charge in [0.1, 0.15) is 6.61 Å². The third kappa shape index (κ3) is 5.30. The maximum Gasteiger partial charge on any atom is 0.264 e. The zero-order chi connectivity index (χ0) is 26.2. The van der Waals surface area contributed by atoms with Crippen LogP contribution in [0.3, 0.4) is 0 Å². The van der Waals surface area contributed by atoms with E-state index in [2.05, 4.69) is 26.6 Å². The number of hydrogen-bond acceptors (Lipinski definition) is 7. The van der Waals surface area contributed by atoms with E-state index in [9.17, 15) is 13.2 Å². The number of aryl methyl sites for hydroxylation is 2. The Morgan fingerprint density at radius 3 is 2.41 bits per heavy atom. The maximum absolute atomic E-state index is 13.6. The number of hydrogen-bond donors (Lipinski definition) is 1. The van der Waals surface area contributed by atoms with E-state index in [0.29, 0.717) is 17.8 Å². The molecule has 4 bridgehead atoms. The highest BCUT2D eigenvalue weighted by molar-refractivity contribution is 7.92. The van der Waals surface area contributed by atoms with E-state index in [1.807, 2.05) is 36.9 Å². The van der Waals surface area contributed by atoms with Crippen LogP contribution in [0.15, 0.2) is 53.4 Å². The van der Waals surface area contributed by atoms with E-state index >= 15 is 0 Å². The van der Waals surface area contributed by atoms with Crippen molar-refractivity contribution in [3.8, 4) is 17.1 Å². The van der Waals surface area contributed by atoms with Crippen LogP contribution in [-0.4, -0.2) is 73.4 Å². The van der Waals surface area contributed by atoms with Crippen molar-refractivity contribution in [2.45, 2.75) is 37.6 Å². The quantitative estimate of drug-likeness (QED) is 0.550. The van der Waals surface area contributed by atoms with Gasteiger partial charge in [0, 0.05) is 23.2 Å². The first-order chi connectivity index (χ1) is 17.7. The Kier molecular flexibility index (Phi) is 6.87. The van der Waals surface area contributed by atoms with E-state index in [-0.39, 0.29) is 35.3 Å². The molecule has 0 atom stereocenters. The van der Waals surface area contributed by atoms with Crippen LogP contribution in [0.1, 0.15) is 34.3 Å². The average Bonchev–Trinajstić information content (AvgIpc) is 2.86. The van der Waals surface area contributed by atoms with Crippen LogP contribution in [0.2, 0.25) is 0 Å². The second kappa shape index (κ2) is 10.1. The SMILES string of the molecule is Cc1cccc(C)c1-c1cc2nc(n1)NS(=O)(=O)c1cccc(c1)C(=O)N(C1CCN(C)CC1)CCO2. The molecule has 3 aromatic rings. The van der Waals surface area contributed by atoms with Crippen molar-refractivity contribution in [3.05, 3.63) is 65.2 Å². The number of rotatable bonds is 2. The van der Waals surface area contributed by atoms with Crippen molar-refractivity contribution in [1.29, 1.82) is 0 Å². The number of amides is 1. The number of ether oxygens (including phenoxy) is 1. The maximum atomic E-state index is 13.6. The largest absolute Gasteiger partial charge is 0.476 e. The highest BCUT2D eigenvalue weighted by Gasteiger charge is 2.29. The summed E-state index contributed by atoms with van der Waals surface area (Å²) in [5, 5.41) is 0. The lowest BCUT2D eigenvalue weighted by Crippen LogP contribution is -2.48. The Hall–Kier alpha value is -3.50. The predicted molar refractivity (Wildman–Crippen MR) is 141 cm³/mol. The molecule has 0 spiro atoms. The molecule has 2 aromatic carbocycles. The molecule has 194 valence electrons. The van der Waals surface area contributed by atoms with Gasteiger partial charge < -0.3 is 14.5 Å². The lowest BCUT2D eigenvalue weighted by molar-refractivity contribution is 0.0549. The number of fused-ring (bicyclic) bond motifs is 4. The molecule has 0 unspecified atom stereocenters. The fourth-order valence-corrected chi connectivity index (χ4v) is 6.03. The van der Waals surface area contributed by atoms with Crippen LogP contribution >= 0.6 is 0 Å². The molecule has 1 N–H and O–H groups in total. The third-order valence-electron chi connectivity index (χ3n) is 7.03. The summed E-state index contributed by atoms with van der Waals surface area (Å²) in [7, 11) is -1.99. The second-order valence-electron chi connectivity index (χ2n) is 9.70. The molecular formula is C27H31N5O4S. The summed E-state index contributed by atoms with van der Waals surface area (Å²) in [6.07, 6.45) is 1.69. The number of nitrogens with zero attached hydrogens (tertiary/aromatic N) is 4. The van der Waals surface area contributed by atoms with Gasteiger partial charge in [0.05, 0.1) is 17.1 Å². The summed E-state index contributed by atoms with van der Waals surface area (Å²) in [6, 6.07) is 13.8. The third-order valence-corrected chi connectivity index (χ3v) is 8.35. The van der Waals surface area contributed by atoms with Crippen molar-refractivity contribution in [1.82, 2.24) is 19.8 Å². The number of piperidine rings is 1. The summed E-state index contributed by atoms with van der Waals surface area (Å²) in [5.74, 6) is -0.0474. The molecule has 0 saturated carbocycles. The van der Waals surface area contributed by atoms with Gasteiger partial charge in [0.2, 0.25) is 11.8 Å². The minimum Gasteiger partial charge on any atom is -0.476 e. The number of sulfonamides is 1. The first kappa shape index (κ1) is 25.2. The number of nitrogens with one attached hydrogen (secondary N) is 1. The van der Waals surface area contributed by atoms with Gasteiger partial charge in [-0.2, -0.15) is 4.98 Å². The summed E-state index contributed by atoms with van der Waals surface area (Å²) in [4.78, 5) is 26.5. The smallest absolute Gasteiger partial charge is 0.264 e. The normalized spacial score (nSPS) is 18.7. The molecule has 1 fully saturated rings. The fraction of sp³-hybridized carbons (Fsp3) is 0.370. The van der Waals surface area contributed by atoms with Gasteiger partial charge in [-0.3, -0.25) is 4.79 Å². The van der Waals surface area contributed by atoms with Crippen molar-refractivity contribution in [2.75, 3.05) is 38.0 Å². The average molecular weight is 522 g/mol. The van der Waals surface area contributed by atoms with Crippen LogP contribution in [0.4, 0.5) is 5.95 Å². The number of carbonyl (C=O) groups is 1. The molecule has 2 aliphatic heterocycles. The van der Waals surface area contributed by atoms with E-state index in [1.54, 1.807) is 18.2 Å². The van der Waals surface area contributed by atoms with Crippen LogP contribution in [-0.2, 0) is 10.0 Å². The number of likely N-dealkylation sites (tertiary alicyclic amines) is 1. The van der Waals surface area contributed by atoms with Crippen LogP contribution < -0.4 is 9.46 Å². The highest BCUT2D eigenvalue weighted by atomic mass is 32.2. The summed E-state index contributed by atoms with van der Waals surface area (Å²) >= 11 is 0. The molecule has 0 aliphatic carbocycles. The lowest BCUT2D eigenvalue weighted by atomic mass is 10.00. The Bertz CT molecular complexity index is 1410. The summed E-state index contributed by atoms with van der Waals surface area (Å²) in [5.41, 5.74) is 3.78. The van der Waals surface area contributed by atoms with Crippen LogP contribution in [0, 0.1) is 13.8 Å². The first-order valence-electron chi connectivity index (χ1n) is 12.4. The fourth-order valence-electron chi connectivity index (χ4n) is 5.04. The van der Waals surface area contributed by atoms with Gasteiger partial charge in [-0.25, -0.2) is 18.1 Å². The highest BCUT2D eigenvalue weighted by Crippen LogP contribution is 2.30. The van der Waals surface area contributed by atoms with Crippen molar-refractivity contribution >= 4 is 21.9 Å². The second-order valence-corrected chi connectivity index (χ2v) is 11.4. The molecule has 1 aromatic heterocycles. The van der Waals surface area contributed by atoms with Gasteiger partial charge in [0.15, 0.2) is 0 Å². The minimum atomic E-state index is -4.06. The standard InChI is InChI=1S/C27H31N5O4S/c1-18-6-4-7-19(2)25(18)23-17-24-29-27(28-23)30-37(34,35)22-9-5-8-20(16-22)26(33)32(14-15-36-24)21-10-12-31(3)13-11-21/h4-9,16-17,21H,10-15H2,1-3H3,(H,28,29,30). The Morgan fingerprint density at radius 2 is 1.68 bits per heavy atom. The van der Waals surface area contributed by atoms with E-state index in [4.69, 9.17) is 4.74 Å². The lowest BCUT2D eigenvalue weighted by Gasteiger charge is -2.37. The number of benzene rings is 2. The Balaban J connectivity index is 1.59. The topological polar surface area (TPSA) is 105 Å². The molecule has 1 saturated heterocycles. The molecule has 37 heavy (non-hydrogen) atoms. The van der Waals surface area contributed by atoms with E-state index < -0.39 is 10.0 Å². The zero-order valence-electron chi connectivity index (χ0n) is 21.3. The summed E-state index contributed by atoms with van der Waals surface area (Å²) in [6.45, 7) is 6.31. The molecular weight excluding hydrogens is 490 g/mol. The predicted octanol–water partition coefficient (Wildman–Crippen LogP) is 3.49. The summed E-state index contributed by atoms with van der Waals surface area (Å²) < 4.78 is 35.2. The zero-order valence-corrected chi connectivity index (χ0v) is 22.1. The molecule has 10 heteroatoms. The monoisotopic (exact) mass is 521 g/mol. The number of aromatic nitrogens is 2. The number of anilines is 1. The van der Waals surface area contributed by atoms with Crippen molar-refractivity contribution in [3.63, 3.8) is 0 Å².